The van der Waals surface area contributed by atoms with Crippen molar-refractivity contribution in [1.82, 2.24) is 0 Å². The standard InChI is InChI=1S/C25H39FO2/c1-4-5-6-7-8-9-10-11-12-13-14-15-20-28-24-17-16-22(21-23(24)26)18-19-25(2,3)27/h16-17,21,27H,4-15,20H2,1-3H3. The number of benzene rings is 1. The lowest BCUT2D eigenvalue weighted by atomic mass is 10.1. The molecule has 0 atom stereocenters. The predicted octanol–water partition coefficient (Wildman–Crippen LogP) is 7.03. The normalized spacial score (nSPS) is 11.2. The molecule has 2 nitrogen and oxygen atoms in total. The van der Waals surface area contributed by atoms with Crippen LogP contribution in [0.5, 0.6) is 5.75 Å². The Balaban J connectivity index is 2.08. The minimum atomic E-state index is -1.08. The smallest absolute Gasteiger partial charge is 0.166 e. The highest BCUT2D eigenvalue weighted by Crippen LogP contribution is 2.19. The highest BCUT2D eigenvalue weighted by atomic mass is 19.1. The van der Waals surface area contributed by atoms with E-state index < -0.39 is 11.4 Å². The van der Waals surface area contributed by atoms with Crippen molar-refractivity contribution in [2.45, 2.75) is 103 Å². The minimum absolute atomic E-state index is 0.275. The average molecular weight is 391 g/mol. The molecule has 0 unspecified atom stereocenters. The van der Waals surface area contributed by atoms with Crippen LogP contribution in [0, 0.1) is 17.7 Å². The first kappa shape index (κ1) is 24.5. The molecular weight excluding hydrogens is 351 g/mol. The van der Waals surface area contributed by atoms with Crippen LogP contribution < -0.4 is 4.74 Å². The van der Waals surface area contributed by atoms with Gasteiger partial charge >= 0.3 is 0 Å². The lowest BCUT2D eigenvalue weighted by Gasteiger charge is -2.08. The van der Waals surface area contributed by atoms with Crippen LogP contribution in [-0.2, 0) is 0 Å². The summed E-state index contributed by atoms with van der Waals surface area (Å²) in [5, 5.41) is 9.60. The van der Waals surface area contributed by atoms with E-state index in [0.717, 1.165) is 12.8 Å². The number of aliphatic hydroxyl groups is 1. The van der Waals surface area contributed by atoms with Crippen LogP contribution in [0.15, 0.2) is 18.2 Å². The summed E-state index contributed by atoms with van der Waals surface area (Å²) < 4.78 is 19.6. The van der Waals surface area contributed by atoms with Gasteiger partial charge in [0.2, 0.25) is 0 Å². The van der Waals surface area contributed by atoms with Gasteiger partial charge in [-0.15, -0.1) is 0 Å². The molecule has 1 rings (SSSR count). The van der Waals surface area contributed by atoms with Gasteiger partial charge in [-0.25, -0.2) is 4.39 Å². The van der Waals surface area contributed by atoms with Gasteiger partial charge in [-0.1, -0.05) is 89.4 Å². The van der Waals surface area contributed by atoms with Crippen LogP contribution in [-0.4, -0.2) is 17.3 Å². The van der Waals surface area contributed by atoms with Gasteiger partial charge in [0.25, 0.3) is 0 Å². The Morgan fingerprint density at radius 2 is 1.43 bits per heavy atom. The molecular formula is C25H39FO2. The molecule has 0 aliphatic carbocycles. The van der Waals surface area contributed by atoms with Crippen molar-refractivity contribution < 1.29 is 14.2 Å². The average Bonchev–Trinajstić information content (AvgIpc) is 2.64. The van der Waals surface area contributed by atoms with E-state index in [4.69, 9.17) is 4.74 Å². The van der Waals surface area contributed by atoms with Gasteiger partial charge in [-0.05, 0) is 38.5 Å². The van der Waals surface area contributed by atoms with Crippen molar-refractivity contribution in [3.05, 3.63) is 29.6 Å². The van der Waals surface area contributed by atoms with Crippen molar-refractivity contribution in [3.63, 3.8) is 0 Å². The van der Waals surface area contributed by atoms with Crippen LogP contribution in [0.1, 0.15) is 103 Å². The first-order chi connectivity index (χ1) is 13.4. The van der Waals surface area contributed by atoms with Crippen molar-refractivity contribution in [1.29, 1.82) is 0 Å². The maximum atomic E-state index is 14.1. The molecule has 1 aromatic rings. The Morgan fingerprint density at radius 3 is 1.93 bits per heavy atom. The molecule has 1 N–H and O–H groups in total. The SMILES string of the molecule is CCCCCCCCCCCCCCOc1ccc(C#CC(C)(C)O)cc1F. The second kappa shape index (κ2) is 14.5. The van der Waals surface area contributed by atoms with Gasteiger partial charge < -0.3 is 9.84 Å². The molecule has 0 aromatic heterocycles. The van der Waals surface area contributed by atoms with Gasteiger partial charge in [0.15, 0.2) is 11.6 Å². The van der Waals surface area contributed by atoms with E-state index in [1.54, 1.807) is 26.0 Å². The quantitative estimate of drug-likeness (QED) is 0.273. The number of ether oxygens (including phenoxy) is 1. The van der Waals surface area contributed by atoms with E-state index in [9.17, 15) is 9.50 Å². The second-order valence-electron chi connectivity index (χ2n) is 8.19. The molecule has 0 saturated carbocycles. The summed E-state index contributed by atoms with van der Waals surface area (Å²) in [6.45, 7) is 6.00. The molecule has 0 saturated heterocycles. The fourth-order valence-electron chi connectivity index (χ4n) is 3.05. The highest BCUT2D eigenvalue weighted by Gasteiger charge is 2.07. The van der Waals surface area contributed by atoms with Crippen molar-refractivity contribution >= 4 is 0 Å². The number of rotatable bonds is 14. The Hall–Kier alpha value is -1.53. The summed E-state index contributed by atoms with van der Waals surface area (Å²) in [5.74, 6) is 5.33. The van der Waals surface area contributed by atoms with E-state index in [0.29, 0.717) is 12.2 Å². The molecule has 0 bridgehead atoms. The topological polar surface area (TPSA) is 29.5 Å². The van der Waals surface area contributed by atoms with Crippen LogP contribution in [0.25, 0.3) is 0 Å². The number of hydrogen-bond donors (Lipinski definition) is 1. The third-order valence-electron chi connectivity index (χ3n) is 4.70. The molecule has 0 spiro atoms. The molecule has 1 aromatic carbocycles. The van der Waals surface area contributed by atoms with Crippen LogP contribution in [0.3, 0.4) is 0 Å². The van der Waals surface area contributed by atoms with Crippen molar-refractivity contribution in [2.24, 2.45) is 0 Å². The molecule has 0 fully saturated rings. The van der Waals surface area contributed by atoms with Crippen molar-refractivity contribution in [2.75, 3.05) is 6.61 Å². The Morgan fingerprint density at radius 1 is 0.893 bits per heavy atom. The molecule has 28 heavy (non-hydrogen) atoms. The second-order valence-corrected chi connectivity index (χ2v) is 8.19. The summed E-state index contributed by atoms with van der Waals surface area (Å²) in [7, 11) is 0. The molecule has 0 aliphatic rings. The van der Waals surface area contributed by atoms with E-state index >= 15 is 0 Å². The summed E-state index contributed by atoms with van der Waals surface area (Å²) in [6.07, 6.45) is 15.6. The van der Waals surface area contributed by atoms with Crippen LogP contribution in [0.2, 0.25) is 0 Å². The van der Waals surface area contributed by atoms with E-state index in [-0.39, 0.29) is 5.75 Å². The van der Waals surface area contributed by atoms with E-state index in [1.165, 1.54) is 70.3 Å². The van der Waals surface area contributed by atoms with Gasteiger partial charge in [0.05, 0.1) is 6.61 Å². The fraction of sp³-hybridized carbons (Fsp3) is 0.680. The highest BCUT2D eigenvalue weighted by molar-refractivity contribution is 5.40. The zero-order valence-corrected chi connectivity index (χ0v) is 18.2. The van der Waals surface area contributed by atoms with E-state index in [1.807, 2.05) is 0 Å². The first-order valence-corrected chi connectivity index (χ1v) is 11.1. The molecule has 0 radical (unpaired) electrons. The van der Waals surface area contributed by atoms with Crippen LogP contribution in [0.4, 0.5) is 4.39 Å². The Labute approximate surface area is 171 Å². The van der Waals surface area contributed by atoms with Gasteiger partial charge in [-0.2, -0.15) is 0 Å². The molecule has 0 aliphatic heterocycles. The Kier molecular flexibility index (Phi) is 12.7. The largest absolute Gasteiger partial charge is 0.491 e. The third-order valence-corrected chi connectivity index (χ3v) is 4.70. The molecule has 0 heterocycles. The monoisotopic (exact) mass is 390 g/mol. The first-order valence-electron chi connectivity index (χ1n) is 11.1. The zero-order valence-electron chi connectivity index (χ0n) is 18.2. The van der Waals surface area contributed by atoms with Gasteiger partial charge in [0.1, 0.15) is 5.60 Å². The molecule has 3 heteroatoms. The predicted molar refractivity (Wildman–Crippen MR) is 116 cm³/mol. The molecule has 158 valence electrons. The maximum absolute atomic E-state index is 14.1. The summed E-state index contributed by atoms with van der Waals surface area (Å²) >= 11 is 0. The fourth-order valence-corrected chi connectivity index (χ4v) is 3.05. The van der Waals surface area contributed by atoms with Crippen molar-refractivity contribution in [3.8, 4) is 17.6 Å². The summed E-state index contributed by atoms with van der Waals surface area (Å²) in [4.78, 5) is 0. The van der Waals surface area contributed by atoms with E-state index in [2.05, 4.69) is 18.8 Å². The lowest BCUT2D eigenvalue weighted by molar-refractivity contribution is 0.143. The number of halogens is 1. The van der Waals surface area contributed by atoms with Gasteiger partial charge in [0, 0.05) is 5.56 Å². The summed E-state index contributed by atoms with van der Waals surface area (Å²) in [6, 6.07) is 4.69. The van der Waals surface area contributed by atoms with Gasteiger partial charge in [-0.3, -0.25) is 0 Å². The zero-order chi connectivity index (χ0) is 20.7. The third kappa shape index (κ3) is 12.8. The lowest BCUT2D eigenvalue weighted by Crippen LogP contribution is -2.14. The minimum Gasteiger partial charge on any atom is -0.491 e. The molecule has 0 amide bonds. The maximum Gasteiger partial charge on any atom is 0.166 e. The number of hydrogen-bond acceptors (Lipinski definition) is 2. The summed E-state index contributed by atoms with van der Waals surface area (Å²) in [5.41, 5.74) is -0.544. The number of unbranched alkanes of at least 4 members (excludes halogenated alkanes) is 11. The van der Waals surface area contributed by atoms with Crippen LogP contribution >= 0.6 is 0 Å². The Bertz CT molecular complexity index is 593.